The molecule has 1 aromatic rings. The number of amides is 1. The van der Waals surface area contributed by atoms with Gasteiger partial charge in [-0.05, 0) is 39.3 Å². The third-order valence-corrected chi connectivity index (χ3v) is 4.68. The first-order valence-electron chi connectivity index (χ1n) is 7.60. The van der Waals surface area contributed by atoms with Crippen LogP contribution in [0.3, 0.4) is 0 Å². The summed E-state index contributed by atoms with van der Waals surface area (Å²) in [5.41, 5.74) is 7.24. The maximum absolute atomic E-state index is 12.8. The second-order valence-corrected chi connectivity index (χ2v) is 6.04. The van der Waals surface area contributed by atoms with Crippen LogP contribution in [0.2, 0.25) is 0 Å². The Morgan fingerprint density at radius 3 is 3.00 bits per heavy atom. The van der Waals surface area contributed by atoms with Gasteiger partial charge in [0.15, 0.2) is 0 Å². The predicted octanol–water partition coefficient (Wildman–Crippen LogP) is 1.40. The SMILES string of the molecule is CCn1cc(N)cc1C(=O)N1CC2CCCN2CC1C. The molecule has 0 bridgehead atoms. The molecule has 0 saturated carbocycles. The average molecular weight is 276 g/mol. The van der Waals surface area contributed by atoms with Gasteiger partial charge in [-0.25, -0.2) is 0 Å². The van der Waals surface area contributed by atoms with Crippen molar-refractivity contribution in [3.8, 4) is 0 Å². The molecule has 2 N–H and O–H groups in total. The van der Waals surface area contributed by atoms with Gasteiger partial charge in [0.25, 0.3) is 5.91 Å². The Morgan fingerprint density at radius 2 is 2.25 bits per heavy atom. The number of fused-ring (bicyclic) bond motifs is 1. The minimum atomic E-state index is 0.127. The molecule has 0 aromatic carbocycles. The van der Waals surface area contributed by atoms with Crippen LogP contribution in [0.25, 0.3) is 0 Å². The summed E-state index contributed by atoms with van der Waals surface area (Å²) >= 11 is 0. The van der Waals surface area contributed by atoms with Gasteiger partial charge in [-0.15, -0.1) is 0 Å². The Balaban J connectivity index is 1.82. The third-order valence-electron chi connectivity index (χ3n) is 4.68. The van der Waals surface area contributed by atoms with Gasteiger partial charge in [-0.1, -0.05) is 0 Å². The lowest BCUT2D eigenvalue weighted by Crippen LogP contribution is -2.56. The lowest BCUT2D eigenvalue weighted by molar-refractivity contribution is 0.0386. The molecule has 0 radical (unpaired) electrons. The number of hydrogen-bond donors (Lipinski definition) is 1. The fourth-order valence-electron chi connectivity index (χ4n) is 3.59. The number of aryl methyl sites for hydroxylation is 1. The zero-order valence-electron chi connectivity index (χ0n) is 12.4. The molecule has 2 saturated heterocycles. The molecule has 2 unspecified atom stereocenters. The highest BCUT2D eigenvalue weighted by molar-refractivity contribution is 5.94. The van der Waals surface area contributed by atoms with Gasteiger partial charge in [0, 0.05) is 37.9 Å². The smallest absolute Gasteiger partial charge is 0.270 e. The van der Waals surface area contributed by atoms with E-state index in [4.69, 9.17) is 5.73 Å². The standard InChI is InChI=1S/C15H24N4O/c1-3-17-9-12(16)7-14(17)15(20)19-10-13-5-4-6-18(13)8-11(19)2/h7,9,11,13H,3-6,8,10,16H2,1-2H3. The second kappa shape index (κ2) is 5.13. The van der Waals surface area contributed by atoms with E-state index < -0.39 is 0 Å². The van der Waals surface area contributed by atoms with Crippen LogP contribution in [-0.4, -0.2) is 52.0 Å². The summed E-state index contributed by atoms with van der Waals surface area (Å²) in [6, 6.07) is 2.63. The van der Waals surface area contributed by atoms with Crippen molar-refractivity contribution in [3.63, 3.8) is 0 Å². The van der Waals surface area contributed by atoms with E-state index in [0.717, 1.165) is 25.3 Å². The van der Waals surface area contributed by atoms with Crippen molar-refractivity contribution in [3.05, 3.63) is 18.0 Å². The van der Waals surface area contributed by atoms with Crippen LogP contribution in [0, 0.1) is 0 Å². The third kappa shape index (κ3) is 2.20. The number of nitrogens with two attached hydrogens (primary N) is 1. The number of carbonyl (C=O) groups is 1. The summed E-state index contributed by atoms with van der Waals surface area (Å²) in [5, 5.41) is 0. The lowest BCUT2D eigenvalue weighted by Gasteiger charge is -2.42. The first-order chi connectivity index (χ1) is 9.60. The average Bonchev–Trinajstić information content (AvgIpc) is 3.02. The second-order valence-electron chi connectivity index (χ2n) is 6.04. The van der Waals surface area contributed by atoms with Gasteiger partial charge in [0.2, 0.25) is 0 Å². The van der Waals surface area contributed by atoms with Crippen LogP contribution in [0.4, 0.5) is 5.69 Å². The number of nitrogens with zero attached hydrogens (tertiary/aromatic N) is 3. The van der Waals surface area contributed by atoms with Crippen LogP contribution in [0.1, 0.15) is 37.2 Å². The van der Waals surface area contributed by atoms with Crippen LogP contribution in [-0.2, 0) is 6.54 Å². The number of hydrogen-bond acceptors (Lipinski definition) is 3. The molecular formula is C15H24N4O. The van der Waals surface area contributed by atoms with E-state index >= 15 is 0 Å². The molecule has 2 fully saturated rings. The van der Waals surface area contributed by atoms with Crippen LogP contribution < -0.4 is 5.73 Å². The van der Waals surface area contributed by atoms with Crippen molar-refractivity contribution in [1.29, 1.82) is 0 Å². The fraction of sp³-hybridized carbons (Fsp3) is 0.667. The largest absolute Gasteiger partial charge is 0.397 e. The number of anilines is 1. The molecular weight excluding hydrogens is 252 g/mol. The monoisotopic (exact) mass is 276 g/mol. The van der Waals surface area contributed by atoms with Crippen molar-refractivity contribution in [2.24, 2.45) is 0 Å². The topological polar surface area (TPSA) is 54.5 Å². The summed E-state index contributed by atoms with van der Waals surface area (Å²) in [6.07, 6.45) is 4.33. The quantitative estimate of drug-likeness (QED) is 0.888. The number of piperazine rings is 1. The normalized spacial score (nSPS) is 26.8. The highest BCUT2D eigenvalue weighted by Crippen LogP contribution is 2.26. The minimum Gasteiger partial charge on any atom is -0.397 e. The maximum Gasteiger partial charge on any atom is 0.270 e. The first-order valence-corrected chi connectivity index (χ1v) is 7.60. The van der Waals surface area contributed by atoms with Gasteiger partial charge >= 0.3 is 0 Å². The Bertz CT molecular complexity index is 510. The van der Waals surface area contributed by atoms with E-state index in [1.807, 2.05) is 22.6 Å². The fourth-order valence-corrected chi connectivity index (χ4v) is 3.59. The van der Waals surface area contributed by atoms with Crippen molar-refractivity contribution in [2.75, 3.05) is 25.4 Å². The molecule has 5 heteroatoms. The molecule has 2 aliphatic heterocycles. The van der Waals surface area contributed by atoms with Crippen molar-refractivity contribution in [1.82, 2.24) is 14.4 Å². The molecule has 1 amide bonds. The van der Waals surface area contributed by atoms with Crippen LogP contribution in [0.5, 0.6) is 0 Å². The lowest BCUT2D eigenvalue weighted by atomic mass is 10.1. The number of carbonyl (C=O) groups excluding carboxylic acids is 1. The molecule has 2 atom stereocenters. The van der Waals surface area contributed by atoms with Crippen molar-refractivity contribution >= 4 is 11.6 Å². The summed E-state index contributed by atoms with van der Waals surface area (Å²) in [7, 11) is 0. The van der Waals surface area contributed by atoms with E-state index in [1.165, 1.54) is 19.4 Å². The molecule has 2 aliphatic rings. The molecule has 1 aromatic heterocycles. The zero-order chi connectivity index (χ0) is 14.3. The maximum atomic E-state index is 12.8. The van der Waals surface area contributed by atoms with Gasteiger partial charge in [-0.2, -0.15) is 0 Å². The number of nitrogen functional groups attached to an aromatic ring is 1. The van der Waals surface area contributed by atoms with Crippen LogP contribution in [0.15, 0.2) is 12.3 Å². The first kappa shape index (κ1) is 13.5. The number of rotatable bonds is 2. The summed E-state index contributed by atoms with van der Waals surface area (Å²) in [6.45, 7) is 8.00. The van der Waals surface area contributed by atoms with Crippen molar-refractivity contribution in [2.45, 2.75) is 45.3 Å². The molecule has 20 heavy (non-hydrogen) atoms. The predicted molar refractivity (Wildman–Crippen MR) is 79.6 cm³/mol. The summed E-state index contributed by atoms with van der Waals surface area (Å²) in [4.78, 5) is 17.4. The molecule has 0 spiro atoms. The van der Waals surface area contributed by atoms with E-state index in [9.17, 15) is 4.79 Å². The summed E-state index contributed by atoms with van der Waals surface area (Å²) in [5.74, 6) is 0.127. The Kier molecular flexibility index (Phi) is 3.46. The van der Waals surface area contributed by atoms with Gasteiger partial charge in [-0.3, -0.25) is 9.69 Å². The van der Waals surface area contributed by atoms with Gasteiger partial charge in [0.1, 0.15) is 5.69 Å². The Labute approximate surface area is 120 Å². The Morgan fingerprint density at radius 1 is 1.45 bits per heavy atom. The molecule has 3 rings (SSSR count). The molecule has 3 heterocycles. The van der Waals surface area contributed by atoms with E-state index in [1.54, 1.807) is 6.07 Å². The summed E-state index contributed by atoms with van der Waals surface area (Å²) < 4.78 is 1.95. The number of aromatic nitrogens is 1. The minimum absolute atomic E-state index is 0.127. The highest BCUT2D eigenvalue weighted by Gasteiger charge is 2.37. The molecule has 5 nitrogen and oxygen atoms in total. The Hall–Kier alpha value is -1.49. The van der Waals surface area contributed by atoms with Crippen molar-refractivity contribution < 1.29 is 4.79 Å². The van der Waals surface area contributed by atoms with Crippen LogP contribution >= 0.6 is 0 Å². The zero-order valence-corrected chi connectivity index (χ0v) is 12.4. The van der Waals surface area contributed by atoms with Gasteiger partial charge < -0.3 is 15.2 Å². The van der Waals surface area contributed by atoms with E-state index in [2.05, 4.69) is 11.8 Å². The van der Waals surface area contributed by atoms with E-state index in [0.29, 0.717) is 11.7 Å². The highest BCUT2D eigenvalue weighted by atomic mass is 16.2. The van der Waals surface area contributed by atoms with Gasteiger partial charge in [0.05, 0.1) is 5.69 Å². The van der Waals surface area contributed by atoms with E-state index in [-0.39, 0.29) is 11.9 Å². The molecule has 110 valence electrons. The molecule has 0 aliphatic carbocycles.